The molecule has 0 radical (unpaired) electrons. The molecule has 18 heavy (non-hydrogen) atoms. The number of rotatable bonds is 7. The van der Waals surface area contributed by atoms with Crippen LogP contribution in [0.2, 0.25) is 0 Å². The summed E-state index contributed by atoms with van der Waals surface area (Å²) in [6.07, 6.45) is 1.14. The van der Waals surface area contributed by atoms with Crippen molar-refractivity contribution in [1.29, 1.82) is 0 Å². The number of hydrogen-bond donors (Lipinski definition) is 2. The second-order valence-corrected chi connectivity index (χ2v) is 6.62. The molecule has 0 saturated carbocycles. The summed E-state index contributed by atoms with van der Waals surface area (Å²) in [5, 5.41) is 3.54. The monoisotopic (exact) mass is 312 g/mol. The zero-order valence-corrected chi connectivity index (χ0v) is 13.3. The number of benzene rings is 1. The molecule has 0 spiro atoms. The SMILES string of the molecule is CC(CN)CCNCC(C)(C)c1cccc(Br)c1. The van der Waals surface area contributed by atoms with Gasteiger partial charge in [-0.15, -0.1) is 0 Å². The predicted molar refractivity (Wildman–Crippen MR) is 82.9 cm³/mol. The van der Waals surface area contributed by atoms with Gasteiger partial charge < -0.3 is 11.1 Å². The highest BCUT2D eigenvalue weighted by Crippen LogP contribution is 2.25. The molecule has 1 rings (SSSR count). The zero-order valence-electron chi connectivity index (χ0n) is 11.7. The maximum atomic E-state index is 5.61. The smallest absolute Gasteiger partial charge is 0.0178 e. The first kappa shape index (κ1) is 15.7. The minimum absolute atomic E-state index is 0.149. The van der Waals surface area contributed by atoms with E-state index in [-0.39, 0.29) is 5.41 Å². The van der Waals surface area contributed by atoms with Crippen LogP contribution in [0.15, 0.2) is 28.7 Å². The third-order valence-corrected chi connectivity index (χ3v) is 3.88. The molecule has 3 heteroatoms. The number of nitrogens with one attached hydrogen (secondary N) is 1. The summed E-state index contributed by atoms with van der Waals surface area (Å²) in [4.78, 5) is 0. The number of hydrogen-bond acceptors (Lipinski definition) is 2. The van der Waals surface area contributed by atoms with Crippen LogP contribution in [0.4, 0.5) is 0 Å². The molecule has 2 nitrogen and oxygen atoms in total. The average molecular weight is 313 g/mol. The molecule has 3 N–H and O–H groups in total. The van der Waals surface area contributed by atoms with Crippen LogP contribution >= 0.6 is 15.9 Å². The molecule has 0 aliphatic rings. The van der Waals surface area contributed by atoms with E-state index in [2.05, 4.69) is 66.3 Å². The van der Waals surface area contributed by atoms with Crippen molar-refractivity contribution in [3.63, 3.8) is 0 Å². The lowest BCUT2D eigenvalue weighted by molar-refractivity contribution is 0.440. The Bertz CT molecular complexity index is 363. The highest BCUT2D eigenvalue weighted by Gasteiger charge is 2.20. The molecular formula is C15H25BrN2. The fourth-order valence-corrected chi connectivity index (χ4v) is 2.28. The quantitative estimate of drug-likeness (QED) is 0.758. The second-order valence-electron chi connectivity index (χ2n) is 5.70. The molecule has 1 atom stereocenters. The van der Waals surface area contributed by atoms with Gasteiger partial charge in [0.05, 0.1) is 0 Å². The number of nitrogens with two attached hydrogens (primary N) is 1. The second kappa shape index (κ2) is 7.27. The summed E-state index contributed by atoms with van der Waals surface area (Å²) in [7, 11) is 0. The van der Waals surface area contributed by atoms with Gasteiger partial charge in [0.15, 0.2) is 0 Å². The molecule has 0 heterocycles. The highest BCUT2D eigenvalue weighted by atomic mass is 79.9. The summed E-state index contributed by atoms with van der Waals surface area (Å²) >= 11 is 3.53. The molecule has 0 fully saturated rings. The first-order chi connectivity index (χ1) is 8.45. The molecule has 0 aliphatic heterocycles. The van der Waals surface area contributed by atoms with Gasteiger partial charge in [0, 0.05) is 16.4 Å². The lowest BCUT2D eigenvalue weighted by atomic mass is 9.84. The van der Waals surface area contributed by atoms with Crippen molar-refractivity contribution >= 4 is 15.9 Å². The molecule has 1 aromatic carbocycles. The van der Waals surface area contributed by atoms with Gasteiger partial charge in [-0.05, 0) is 43.1 Å². The molecule has 0 bridgehead atoms. The maximum absolute atomic E-state index is 5.61. The molecule has 1 aromatic rings. The topological polar surface area (TPSA) is 38.0 Å². The van der Waals surface area contributed by atoms with E-state index < -0.39 is 0 Å². The minimum Gasteiger partial charge on any atom is -0.330 e. The van der Waals surface area contributed by atoms with Gasteiger partial charge in [0.1, 0.15) is 0 Å². The summed E-state index contributed by atoms with van der Waals surface area (Å²) < 4.78 is 1.14. The standard InChI is InChI=1S/C15H25BrN2/c1-12(10-17)7-8-18-11-15(2,3)13-5-4-6-14(16)9-13/h4-6,9,12,18H,7-8,10-11,17H2,1-3H3. The molecule has 102 valence electrons. The molecule has 1 unspecified atom stereocenters. The van der Waals surface area contributed by atoms with Gasteiger partial charge in [-0.3, -0.25) is 0 Å². The third-order valence-electron chi connectivity index (χ3n) is 3.39. The molecule has 0 saturated heterocycles. The van der Waals surface area contributed by atoms with Gasteiger partial charge >= 0.3 is 0 Å². The van der Waals surface area contributed by atoms with E-state index in [1.165, 1.54) is 5.56 Å². The lowest BCUT2D eigenvalue weighted by Gasteiger charge is -2.26. The Morgan fingerprint density at radius 3 is 2.72 bits per heavy atom. The minimum atomic E-state index is 0.149. The van der Waals surface area contributed by atoms with Crippen LogP contribution in [0.3, 0.4) is 0 Å². The first-order valence-corrected chi connectivity index (χ1v) is 7.42. The zero-order chi connectivity index (χ0) is 13.6. The van der Waals surface area contributed by atoms with Crippen molar-refractivity contribution in [1.82, 2.24) is 5.32 Å². The van der Waals surface area contributed by atoms with Crippen molar-refractivity contribution in [2.75, 3.05) is 19.6 Å². The fourth-order valence-electron chi connectivity index (χ4n) is 1.88. The van der Waals surface area contributed by atoms with Crippen LogP contribution in [0.1, 0.15) is 32.8 Å². The average Bonchev–Trinajstić information content (AvgIpc) is 2.34. The molecular weight excluding hydrogens is 288 g/mol. The van der Waals surface area contributed by atoms with E-state index in [1.54, 1.807) is 0 Å². The summed E-state index contributed by atoms with van der Waals surface area (Å²) in [5.74, 6) is 0.603. The van der Waals surface area contributed by atoms with Crippen molar-refractivity contribution in [2.45, 2.75) is 32.6 Å². The number of halogens is 1. The van der Waals surface area contributed by atoms with Crippen molar-refractivity contribution in [2.24, 2.45) is 11.7 Å². The Labute approximate surface area is 119 Å². The van der Waals surface area contributed by atoms with Gasteiger partial charge in [-0.1, -0.05) is 48.8 Å². The van der Waals surface area contributed by atoms with Crippen LogP contribution in [0.25, 0.3) is 0 Å². The third kappa shape index (κ3) is 5.09. The van der Waals surface area contributed by atoms with Crippen molar-refractivity contribution < 1.29 is 0 Å². The molecule has 0 aliphatic carbocycles. The van der Waals surface area contributed by atoms with E-state index in [0.29, 0.717) is 5.92 Å². The molecule has 0 amide bonds. The Hall–Kier alpha value is -0.380. The van der Waals surface area contributed by atoms with Gasteiger partial charge in [-0.2, -0.15) is 0 Å². The van der Waals surface area contributed by atoms with Gasteiger partial charge in [0.25, 0.3) is 0 Å². The Balaban J connectivity index is 2.45. The summed E-state index contributed by atoms with van der Waals surface area (Å²) in [6, 6.07) is 8.55. The van der Waals surface area contributed by atoms with Gasteiger partial charge in [0.2, 0.25) is 0 Å². The Morgan fingerprint density at radius 1 is 1.39 bits per heavy atom. The fraction of sp³-hybridized carbons (Fsp3) is 0.600. The Kier molecular flexibility index (Phi) is 6.33. The van der Waals surface area contributed by atoms with Crippen molar-refractivity contribution in [3.8, 4) is 0 Å². The lowest BCUT2D eigenvalue weighted by Crippen LogP contribution is -2.34. The van der Waals surface area contributed by atoms with E-state index in [1.807, 2.05) is 0 Å². The van der Waals surface area contributed by atoms with E-state index in [9.17, 15) is 0 Å². The van der Waals surface area contributed by atoms with Gasteiger partial charge in [-0.25, -0.2) is 0 Å². The van der Waals surface area contributed by atoms with Crippen LogP contribution in [-0.4, -0.2) is 19.6 Å². The molecule has 0 aromatic heterocycles. The first-order valence-electron chi connectivity index (χ1n) is 6.62. The van der Waals surface area contributed by atoms with E-state index >= 15 is 0 Å². The predicted octanol–water partition coefficient (Wildman–Crippen LogP) is 3.30. The largest absolute Gasteiger partial charge is 0.330 e. The van der Waals surface area contributed by atoms with Crippen LogP contribution in [0, 0.1) is 5.92 Å². The van der Waals surface area contributed by atoms with Crippen LogP contribution < -0.4 is 11.1 Å². The Morgan fingerprint density at radius 2 is 2.11 bits per heavy atom. The summed E-state index contributed by atoms with van der Waals surface area (Å²) in [6.45, 7) is 9.54. The van der Waals surface area contributed by atoms with Crippen LogP contribution in [-0.2, 0) is 5.41 Å². The highest BCUT2D eigenvalue weighted by molar-refractivity contribution is 9.10. The van der Waals surface area contributed by atoms with E-state index in [0.717, 1.165) is 30.5 Å². The normalized spacial score (nSPS) is 13.6. The van der Waals surface area contributed by atoms with Crippen molar-refractivity contribution in [3.05, 3.63) is 34.3 Å². The van der Waals surface area contributed by atoms with Crippen LogP contribution in [0.5, 0.6) is 0 Å². The summed E-state index contributed by atoms with van der Waals surface area (Å²) in [5.41, 5.74) is 7.12. The maximum Gasteiger partial charge on any atom is 0.0178 e. The van der Waals surface area contributed by atoms with E-state index in [4.69, 9.17) is 5.73 Å².